The minimum absolute atomic E-state index is 0.252. The number of hydrogen-bond acceptors (Lipinski definition) is 3. The molecule has 0 saturated carbocycles. The van der Waals surface area contributed by atoms with Crippen molar-refractivity contribution in [3.05, 3.63) is 23.5 Å². The predicted molar refractivity (Wildman–Crippen MR) is 45.0 cm³/mol. The van der Waals surface area contributed by atoms with E-state index in [2.05, 4.69) is 10.4 Å². The van der Waals surface area contributed by atoms with E-state index in [-0.39, 0.29) is 6.04 Å². The van der Waals surface area contributed by atoms with Gasteiger partial charge in [0.1, 0.15) is 18.7 Å². The van der Waals surface area contributed by atoms with Gasteiger partial charge in [-0.05, 0) is 18.6 Å². The van der Waals surface area contributed by atoms with Crippen LogP contribution in [0.2, 0.25) is 0 Å². The fourth-order valence-electron chi connectivity index (χ4n) is 1.38. The SMILES string of the molecule is Cc1ccn2c1C(C=O)NC=N2. The molecule has 62 valence electrons. The van der Waals surface area contributed by atoms with Crippen LogP contribution in [0.1, 0.15) is 17.3 Å². The van der Waals surface area contributed by atoms with Gasteiger partial charge in [0, 0.05) is 6.20 Å². The molecule has 0 saturated heterocycles. The summed E-state index contributed by atoms with van der Waals surface area (Å²) < 4.78 is 1.71. The molecule has 0 fully saturated rings. The Hall–Kier alpha value is -1.58. The van der Waals surface area contributed by atoms with E-state index in [1.54, 1.807) is 4.68 Å². The van der Waals surface area contributed by atoms with Crippen LogP contribution < -0.4 is 5.32 Å². The zero-order valence-electron chi connectivity index (χ0n) is 6.69. The van der Waals surface area contributed by atoms with Crippen molar-refractivity contribution >= 4 is 12.6 Å². The van der Waals surface area contributed by atoms with Crippen molar-refractivity contribution in [1.29, 1.82) is 0 Å². The largest absolute Gasteiger partial charge is 0.360 e. The minimum atomic E-state index is -0.252. The van der Waals surface area contributed by atoms with Crippen molar-refractivity contribution in [2.45, 2.75) is 13.0 Å². The van der Waals surface area contributed by atoms with Gasteiger partial charge in [-0.1, -0.05) is 0 Å². The van der Waals surface area contributed by atoms with Crippen molar-refractivity contribution in [3.8, 4) is 0 Å². The van der Waals surface area contributed by atoms with Crippen LogP contribution >= 0.6 is 0 Å². The van der Waals surface area contributed by atoms with Gasteiger partial charge in [-0.2, -0.15) is 5.10 Å². The molecule has 1 aromatic rings. The van der Waals surface area contributed by atoms with Crippen LogP contribution in [0.25, 0.3) is 0 Å². The lowest BCUT2D eigenvalue weighted by Crippen LogP contribution is -2.27. The molecule has 1 aliphatic heterocycles. The Balaban J connectivity index is 2.55. The van der Waals surface area contributed by atoms with Gasteiger partial charge < -0.3 is 10.1 Å². The van der Waals surface area contributed by atoms with Gasteiger partial charge >= 0.3 is 0 Å². The molecule has 0 aromatic carbocycles. The molecule has 0 amide bonds. The first-order valence-corrected chi connectivity index (χ1v) is 3.75. The van der Waals surface area contributed by atoms with Gasteiger partial charge in [-0.25, -0.2) is 4.68 Å². The number of aromatic nitrogens is 1. The Labute approximate surface area is 69.9 Å². The van der Waals surface area contributed by atoms with Crippen LogP contribution in [-0.2, 0) is 4.79 Å². The molecule has 4 heteroatoms. The number of nitrogens with zero attached hydrogens (tertiary/aromatic N) is 2. The molecule has 4 nitrogen and oxygen atoms in total. The van der Waals surface area contributed by atoms with E-state index in [1.807, 2.05) is 19.2 Å². The summed E-state index contributed by atoms with van der Waals surface area (Å²) in [5.41, 5.74) is 2.00. The number of aldehydes is 1. The third kappa shape index (κ3) is 0.845. The molecule has 1 aliphatic rings. The number of fused-ring (bicyclic) bond motifs is 1. The highest BCUT2D eigenvalue weighted by molar-refractivity contribution is 5.70. The van der Waals surface area contributed by atoms with Crippen LogP contribution in [0, 0.1) is 6.92 Å². The fraction of sp³-hybridized carbons (Fsp3) is 0.250. The number of nitrogens with one attached hydrogen (secondary N) is 1. The van der Waals surface area contributed by atoms with E-state index in [4.69, 9.17) is 0 Å². The molecule has 0 radical (unpaired) electrons. The maximum Gasteiger partial charge on any atom is 0.148 e. The van der Waals surface area contributed by atoms with Gasteiger partial charge in [0.15, 0.2) is 0 Å². The second kappa shape index (κ2) is 2.48. The van der Waals surface area contributed by atoms with E-state index < -0.39 is 0 Å². The minimum Gasteiger partial charge on any atom is -0.360 e. The molecule has 1 N–H and O–H groups in total. The third-order valence-electron chi connectivity index (χ3n) is 1.98. The molecule has 0 bridgehead atoms. The van der Waals surface area contributed by atoms with E-state index in [0.717, 1.165) is 17.5 Å². The summed E-state index contributed by atoms with van der Waals surface area (Å²) in [4.78, 5) is 10.6. The monoisotopic (exact) mass is 163 g/mol. The highest BCUT2D eigenvalue weighted by Crippen LogP contribution is 2.18. The number of carbonyl (C=O) groups excluding carboxylic acids is 1. The standard InChI is InChI=1S/C8H9N3O/c1-6-2-3-11-8(6)7(4-12)9-5-10-11/h2-5,7H,1H3,(H,9,10). The normalized spacial score (nSPS) is 19.9. The predicted octanol–water partition coefficient (Wildman–Crippen LogP) is 0.431. The summed E-state index contributed by atoms with van der Waals surface area (Å²) in [5.74, 6) is 0. The van der Waals surface area contributed by atoms with E-state index in [1.165, 1.54) is 6.34 Å². The number of aryl methyl sites for hydroxylation is 1. The Morgan fingerprint density at radius 1 is 1.75 bits per heavy atom. The summed E-state index contributed by atoms with van der Waals surface area (Å²) in [7, 11) is 0. The van der Waals surface area contributed by atoms with Crippen molar-refractivity contribution in [3.63, 3.8) is 0 Å². The first kappa shape index (κ1) is 7.09. The maximum absolute atomic E-state index is 10.6. The number of hydrogen-bond donors (Lipinski definition) is 1. The zero-order valence-corrected chi connectivity index (χ0v) is 6.69. The van der Waals surface area contributed by atoms with Crippen molar-refractivity contribution in [1.82, 2.24) is 9.99 Å². The third-order valence-corrected chi connectivity index (χ3v) is 1.98. The van der Waals surface area contributed by atoms with Crippen LogP contribution in [0.3, 0.4) is 0 Å². The molecule has 1 unspecified atom stereocenters. The molecular formula is C8H9N3O. The van der Waals surface area contributed by atoms with Gasteiger partial charge in [-0.3, -0.25) is 0 Å². The quantitative estimate of drug-likeness (QED) is 0.610. The summed E-state index contributed by atoms with van der Waals surface area (Å²) >= 11 is 0. The van der Waals surface area contributed by atoms with Crippen LogP contribution in [0.15, 0.2) is 17.4 Å². The maximum atomic E-state index is 10.6. The second-order valence-corrected chi connectivity index (χ2v) is 2.75. The smallest absolute Gasteiger partial charge is 0.148 e. The molecular weight excluding hydrogens is 154 g/mol. The van der Waals surface area contributed by atoms with Gasteiger partial charge in [0.25, 0.3) is 0 Å². The Morgan fingerprint density at radius 2 is 2.58 bits per heavy atom. The highest BCUT2D eigenvalue weighted by atomic mass is 16.1. The van der Waals surface area contributed by atoms with Gasteiger partial charge in [0.2, 0.25) is 0 Å². The Morgan fingerprint density at radius 3 is 3.33 bits per heavy atom. The first-order chi connectivity index (χ1) is 5.83. The van der Waals surface area contributed by atoms with Crippen molar-refractivity contribution in [2.75, 3.05) is 0 Å². The molecule has 1 atom stereocenters. The Bertz CT molecular complexity index is 340. The lowest BCUT2D eigenvalue weighted by atomic mass is 10.1. The van der Waals surface area contributed by atoms with Crippen LogP contribution in [0.5, 0.6) is 0 Å². The van der Waals surface area contributed by atoms with Crippen molar-refractivity contribution < 1.29 is 4.79 Å². The Kier molecular flexibility index (Phi) is 1.46. The molecule has 1 aromatic heterocycles. The first-order valence-electron chi connectivity index (χ1n) is 3.75. The topological polar surface area (TPSA) is 46.4 Å². The van der Waals surface area contributed by atoms with Crippen LogP contribution in [0.4, 0.5) is 0 Å². The van der Waals surface area contributed by atoms with E-state index in [9.17, 15) is 4.79 Å². The van der Waals surface area contributed by atoms with Crippen LogP contribution in [-0.4, -0.2) is 17.3 Å². The second-order valence-electron chi connectivity index (χ2n) is 2.75. The summed E-state index contributed by atoms with van der Waals surface area (Å²) in [6.45, 7) is 1.96. The molecule has 2 rings (SSSR count). The van der Waals surface area contributed by atoms with E-state index >= 15 is 0 Å². The van der Waals surface area contributed by atoms with E-state index in [0.29, 0.717) is 0 Å². The van der Waals surface area contributed by atoms with Gasteiger partial charge in [-0.15, -0.1) is 0 Å². The zero-order chi connectivity index (χ0) is 8.55. The summed E-state index contributed by atoms with van der Waals surface area (Å²) in [6.07, 6.45) is 4.26. The highest BCUT2D eigenvalue weighted by Gasteiger charge is 2.18. The molecule has 2 heterocycles. The average molecular weight is 163 g/mol. The molecule has 0 aliphatic carbocycles. The number of carbonyl (C=O) groups is 1. The summed E-state index contributed by atoms with van der Waals surface area (Å²) in [6, 6.07) is 1.69. The lowest BCUT2D eigenvalue weighted by molar-refractivity contribution is -0.109. The average Bonchev–Trinajstić information content (AvgIpc) is 2.48. The van der Waals surface area contributed by atoms with Gasteiger partial charge in [0.05, 0.1) is 5.69 Å². The molecule has 12 heavy (non-hydrogen) atoms. The molecule has 0 spiro atoms. The summed E-state index contributed by atoms with van der Waals surface area (Å²) in [5, 5.41) is 6.91. The number of rotatable bonds is 1. The lowest BCUT2D eigenvalue weighted by Gasteiger charge is -2.16. The fourth-order valence-corrected chi connectivity index (χ4v) is 1.38. The van der Waals surface area contributed by atoms with Crippen molar-refractivity contribution in [2.24, 2.45) is 5.10 Å².